The summed E-state index contributed by atoms with van der Waals surface area (Å²) in [5.74, 6) is 2.11. The second-order valence-corrected chi connectivity index (χ2v) is 12.1. The number of piperidine rings is 1. The summed E-state index contributed by atoms with van der Waals surface area (Å²) < 4.78 is 5.82. The molecule has 3 N–H and O–H groups in total. The summed E-state index contributed by atoms with van der Waals surface area (Å²) in [5, 5.41) is 20.9. The molecule has 6 rings (SSSR count). The van der Waals surface area contributed by atoms with Crippen molar-refractivity contribution < 1.29 is 9.84 Å². The number of thiophene rings is 1. The lowest BCUT2D eigenvalue weighted by atomic mass is 9.75. The van der Waals surface area contributed by atoms with Gasteiger partial charge in [-0.05, 0) is 93.9 Å². The van der Waals surface area contributed by atoms with E-state index < -0.39 is 5.60 Å². The standard InChI is InChI=1S/C31H38N6O2S/c1-20-19-40-29-27(20)28(32-22-8-5-7-21(17-22)31(38)13-6-14-31)34-30(35-29)33-23-9-10-25(26(18-23)39-4)37-15-11-24(12-16-37)36(2)3/h5,7-10,17-19,24,38H,6,11-16H2,1-4H3,(H2,32,33,34,35). The first-order valence-corrected chi connectivity index (χ1v) is 14.9. The predicted molar refractivity (Wildman–Crippen MR) is 165 cm³/mol. The number of hydrogen-bond donors (Lipinski definition) is 3. The minimum atomic E-state index is -0.711. The largest absolute Gasteiger partial charge is 0.495 e. The third kappa shape index (κ3) is 5.21. The van der Waals surface area contributed by atoms with E-state index in [4.69, 9.17) is 14.7 Å². The van der Waals surface area contributed by atoms with Crippen molar-refractivity contribution >= 4 is 50.4 Å². The number of rotatable bonds is 8. The third-order valence-corrected chi connectivity index (χ3v) is 9.42. The van der Waals surface area contributed by atoms with Crippen molar-refractivity contribution in [2.24, 2.45) is 0 Å². The Morgan fingerprint density at radius 2 is 1.82 bits per heavy atom. The van der Waals surface area contributed by atoms with Crippen LogP contribution >= 0.6 is 11.3 Å². The second-order valence-electron chi connectivity index (χ2n) is 11.3. The zero-order chi connectivity index (χ0) is 27.9. The molecule has 2 aromatic carbocycles. The Balaban J connectivity index is 1.25. The summed E-state index contributed by atoms with van der Waals surface area (Å²) in [6.07, 6.45) is 4.96. The van der Waals surface area contributed by atoms with Crippen molar-refractivity contribution in [3.63, 3.8) is 0 Å². The van der Waals surface area contributed by atoms with Gasteiger partial charge in [0.1, 0.15) is 16.4 Å². The summed E-state index contributed by atoms with van der Waals surface area (Å²) in [6.45, 7) is 4.10. The zero-order valence-corrected chi connectivity index (χ0v) is 24.5. The molecular weight excluding hydrogens is 520 g/mol. The monoisotopic (exact) mass is 558 g/mol. The summed E-state index contributed by atoms with van der Waals surface area (Å²) in [5.41, 5.74) is 4.26. The topological polar surface area (TPSA) is 85.8 Å². The Kier molecular flexibility index (Phi) is 7.29. The number of aryl methyl sites for hydroxylation is 1. The van der Waals surface area contributed by atoms with Crippen LogP contribution in [0.4, 0.5) is 28.8 Å². The highest BCUT2D eigenvalue weighted by Crippen LogP contribution is 2.42. The molecule has 0 spiro atoms. The average molecular weight is 559 g/mol. The van der Waals surface area contributed by atoms with Crippen LogP contribution in [-0.2, 0) is 5.60 Å². The highest BCUT2D eigenvalue weighted by molar-refractivity contribution is 7.17. The van der Waals surface area contributed by atoms with E-state index in [9.17, 15) is 5.11 Å². The number of nitrogens with zero attached hydrogens (tertiary/aromatic N) is 4. The molecule has 9 heteroatoms. The van der Waals surface area contributed by atoms with Crippen LogP contribution in [0, 0.1) is 6.92 Å². The highest BCUT2D eigenvalue weighted by Gasteiger charge is 2.36. The molecule has 2 aromatic heterocycles. The summed E-state index contributed by atoms with van der Waals surface area (Å²) >= 11 is 1.61. The molecule has 0 radical (unpaired) electrons. The average Bonchev–Trinajstić information content (AvgIpc) is 3.32. The van der Waals surface area contributed by atoms with Crippen LogP contribution in [0.3, 0.4) is 0 Å². The molecule has 0 atom stereocenters. The normalized spacial score (nSPS) is 17.2. The van der Waals surface area contributed by atoms with E-state index in [0.717, 1.165) is 95.2 Å². The van der Waals surface area contributed by atoms with Gasteiger partial charge in [-0.25, -0.2) is 4.98 Å². The number of aromatic nitrogens is 2. The molecule has 1 saturated heterocycles. The van der Waals surface area contributed by atoms with Crippen molar-refractivity contribution in [3.05, 3.63) is 59.0 Å². The number of hydrogen-bond acceptors (Lipinski definition) is 9. The molecule has 210 valence electrons. The van der Waals surface area contributed by atoms with Crippen LogP contribution in [0.5, 0.6) is 5.75 Å². The molecule has 1 saturated carbocycles. The van der Waals surface area contributed by atoms with Gasteiger partial charge >= 0.3 is 0 Å². The Labute approximate surface area is 240 Å². The minimum Gasteiger partial charge on any atom is -0.495 e. The first-order valence-electron chi connectivity index (χ1n) is 14.1. The molecule has 1 aliphatic carbocycles. The maximum Gasteiger partial charge on any atom is 0.230 e. The SMILES string of the molecule is COc1cc(Nc2nc(Nc3cccc(C4(O)CCC4)c3)c3c(C)csc3n2)ccc1N1CCC(N(C)C)CC1. The van der Waals surface area contributed by atoms with Gasteiger partial charge < -0.3 is 30.3 Å². The summed E-state index contributed by atoms with van der Waals surface area (Å²) in [6, 6.07) is 14.9. The van der Waals surface area contributed by atoms with E-state index in [-0.39, 0.29) is 0 Å². The first-order chi connectivity index (χ1) is 19.3. The van der Waals surface area contributed by atoms with Gasteiger partial charge in [0.05, 0.1) is 23.8 Å². The molecule has 0 bridgehead atoms. The molecule has 40 heavy (non-hydrogen) atoms. The molecule has 2 aliphatic rings. The maximum atomic E-state index is 10.9. The molecule has 3 heterocycles. The number of methoxy groups -OCH3 is 1. The number of benzene rings is 2. The molecule has 4 aromatic rings. The number of anilines is 5. The van der Waals surface area contributed by atoms with Crippen LogP contribution in [-0.4, -0.2) is 60.3 Å². The fourth-order valence-corrected chi connectivity index (χ4v) is 6.74. The molecule has 0 amide bonds. The van der Waals surface area contributed by atoms with Crippen molar-refractivity contribution in [2.75, 3.05) is 49.8 Å². The van der Waals surface area contributed by atoms with Gasteiger partial charge in [-0.3, -0.25) is 0 Å². The van der Waals surface area contributed by atoms with Gasteiger partial charge in [-0.2, -0.15) is 4.98 Å². The van der Waals surface area contributed by atoms with Crippen molar-refractivity contribution in [2.45, 2.75) is 50.7 Å². The smallest absolute Gasteiger partial charge is 0.230 e. The predicted octanol–water partition coefficient (Wildman–Crippen LogP) is 6.40. The van der Waals surface area contributed by atoms with E-state index in [0.29, 0.717) is 12.0 Å². The Hall–Kier alpha value is -3.40. The number of aliphatic hydroxyl groups is 1. The van der Waals surface area contributed by atoms with Crippen molar-refractivity contribution in [1.29, 1.82) is 0 Å². The van der Waals surface area contributed by atoms with Gasteiger partial charge in [0.15, 0.2) is 0 Å². The lowest BCUT2D eigenvalue weighted by Gasteiger charge is -2.37. The van der Waals surface area contributed by atoms with Crippen LogP contribution in [0.1, 0.15) is 43.2 Å². The third-order valence-electron chi connectivity index (χ3n) is 8.43. The minimum absolute atomic E-state index is 0.521. The van der Waals surface area contributed by atoms with E-state index >= 15 is 0 Å². The fourth-order valence-electron chi connectivity index (χ4n) is 5.82. The van der Waals surface area contributed by atoms with E-state index in [1.165, 1.54) is 0 Å². The number of ether oxygens (including phenoxy) is 1. The fraction of sp³-hybridized carbons (Fsp3) is 0.419. The van der Waals surface area contributed by atoms with Crippen molar-refractivity contribution in [3.8, 4) is 5.75 Å². The van der Waals surface area contributed by atoms with Gasteiger partial charge in [-0.15, -0.1) is 11.3 Å². The van der Waals surface area contributed by atoms with E-state index in [1.807, 2.05) is 30.3 Å². The lowest BCUT2D eigenvalue weighted by Crippen LogP contribution is -2.42. The lowest BCUT2D eigenvalue weighted by molar-refractivity contribution is -0.0387. The zero-order valence-electron chi connectivity index (χ0n) is 23.7. The Morgan fingerprint density at radius 1 is 1.05 bits per heavy atom. The van der Waals surface area contributed by atoms with Gasteiger partial charge in [0, 0.05) is 36.6 Å². The van der Waals surface area contributed by atoms with Crippen LogP contribution < -0.4 is 20.3 Å². The Morgan fingerprint density at radius 3 is 2.52 bits per heavy atom. The van der Waals surface area contributed by atoms with Gasteiger partial charge in [0.2, 0.25) is 5.95 Å². The second kappa shape index (κ2) is 10.9. The van der Waals surface area contributed by atoms with E-state index in [1.54, 1.807) is 18.4 Å². The quantitative estimate of drug-likeness (QED) is 0.229. The number of fused-ring (bicyclic) bond motifs is 1. The van der Waals surface area contributed by atoms with Gasteiger partial charge in [-0.1, -0.05) is 12.1 Å². The molecule has 0 unspecified atom stereocenters. The van der Waals surface area contributed by atoms with Crippen molar-refractivity contribution in [1.82, 2.24) is 14.9 Å². The summed E-state index contributed by atoms with van der Waals surface area (Å²) in [7, 11) is 6.05. The van der Waals surface area contributed by atoms with Crippen LogP contribution in [0.15, 0.2) is 47.8 Å². The number of nitrogens with one attached hydrogen (secondary N) is 2. The molecular formula is C31H38N6O2S. The first kappa shape index (κ1) is 26.8. The van der Waals surface area contributed by atoms with Gasteiger partial charge in [0.25, 0.3) is 0 Å². The van der Waals surface area contributed by atoms with E-state index in [2.05, 4.69) is 59.0 Å². The van der Waals surface area contributed by atoms with Crippen LogP contribution in [0.2, 0.25) is 0 Å². The summed E-state index contributed by atoms with van der Waals surface area (Å²) in [4.78, 5) is 15.4. The maximum absolute atomic E-state index is 10.9. The Bertz CT molecular complexity index is 1510. The molecule has 8 nitrogen and oxygen atoms in total. The molecule has 1 aliphatic heterocycles. The molecule has 2 fully saturated rings. The highest BCUT2D eigenvalue weighted by atomic mass is 32.1. The van der Waals surface area contributed by atoms with Crippen LogP contribution in [0.25, 0.3) is 10.2 Å².